The van der Waals surface area contributed by atoms with Crippen molar-refractivity contribution >= 4 is 17.6 Å². The molecule has 0 heterocycles. The van der Waals surface area contributed by atoms with Crippen LogP contribution in [0.3, 0.4) is 0 Å². The third-order valence-corrected chi connectivity index (χ3v) is 2.83. The Labute approximate surface area is 143 Å². The molecular weight excluding hydrogens is 302 g/mol. The van der Waals surface area contributed by atoms with Gasteiger partial charge < -0.3 is 4.74 Å². The second-order valence-electron chi connectivity index (χ2n) is 5.90. The van der Waals surface area contributed by atoms with Crippen LogP contribution in [0.4, 0.5) is 10.5 Å². The average molecular weight is 327 g/mol. The Morgan fingerprint density at radius 1 is 0.833 bits per heavy atom. The van der Waals surface area contributed by atoms with Gasteiger partial charge in [-0.1, -0.05) is 44.2 Å². The van der Waals surface area contributed by atoms with E-state index in [-0.39, 0.29) is 5.78 Å². The van der Waals surface area contributed by atoms with Crippen molar-refractivity contribution in [2.45, 2.75) is 40.2 Å². The predicted molar refractivity (Wildman–Crippen MR) is 97.5 cm³/mol. The third kappa shape index (κ3) is 6.24. The van der Waals surface area contributed by atoms with Crippen molar-refractivity contribution in [2.75, 3.05) is 5.32 Å². The van der Waals surface area contributed by atoms with E-state index in [2.05, 4.69) is 5.32 Å². The molecule has 0 aliphatic carbocycles. The van der Waals surface area contributed by atoms with Crippen molar-refractivity contribution in [1.29, 1.82) is 0 Å². The van der Waals surface area contributed by atoms with Gasteiger partial charge in [0.05, 0.1) is 0 Å². The minimum absolute atomic E-state index is 0.0515. The Morgan fingerprint density at radius 2 is 1.33 bits per heavy atom. The van der Waals surface area contributed by atoms with E-state index in [4.69, 9.17) is 4.74 Å². The van der Waals surface area contributed by atoms with Gasteiger partial charge >= 0.3 is 6.09 Å². The molecule has 24 heavy (non-hydrogen) atoms. The molecule has 4 nitrogen and oxygen atoms in total. The van der Waals surface area contributed by atoms with E-state index in [0.717, 1.165) is 0 Å². The molecule has 2 aromatic carbocycles. The first-order chi connectivity index (χ1) is 11.3. The number of hydrogen-bond donors (Lipinski definition) is 1. The lowest BCUT2D eigenvalue weighted by Gasteiger charge is -2.19. The van der Waals surface area contributed by atoms with Gasteiger partial charge in [0.15, 0.2) is 5.78 Å². The standard InChI is InChI=1S/C18H19NO3.C2H6/c1-18(2,3)22-17(21)19-15-11-9-14(10-12-15)16(20)13-7-5-4-6-8-13;1-2/h4-12H,1-3H3,(H,19,21);1-2H3. The van der Waals surface area contributed by atoms with E-state index in [9.17, 15) is 9.59 Å². The van der Waals surface area contributed by atoms with Crippen LogP contribution < -0.4 is 5.32 Å². The molecular formula is C20H25NO3. The highest BCUT2D eigenvalue weighted by Crippen LogP contribution is 2.15. The van der Waals surface area contributed by atoms with Crippen molar-refractivity contribution in [3.05, 3.63) is 65.7 Å². The summed E-state index contributed by atoms with van der Waals surface area (Å²) in [5.74, 6) is -0.0515. The van der Waals surface area contributed by atoms with Gasteiger partial charge in [0, 0.05) is 16.8 Å². The number of ketones is 1. The second kappa shape index (κ2) is 8.87. The van der Waals surface area contributed by atoms with Crippen LogP contribution >= 0.6 is 0 Å². The highest BCUT2D eigenvalue weighted by Gasteiger charge is 2.16. The molecule has 128 valence electrons. The van der Waals surface area contributed by atoms with E-state index < -0.39 is 11.7 Å². The maximum atomic E-state index is 12.3. The molecule has 0 bridgehead atoms. The molecule has 2 aromatic rings. The van der Waals surface area contributed by atoms with Gasteiger partial charge in [-0.15, -0.1) is 0 Å². The number of anilines is 1. The minimum atomic E-state index is -0.548. The molecule has 0 atom stereocenters. The molecule has 0 saturated heterocycles. The summed E-state index contributed by atoms with van der Waals surface area (Å²) in [6, 6.07) is 15.8. The van der Waals surface area contributed by atoms with Crippen LogP contribution in [0.25, 0.3) is 0 Å². The zero-order chi connectivity index (χ0) is 18.2. The quantitative estimate of drug-likeness (QED) is 0.779. The number of carbonyl (C=O) groups excluding carboxylic acids is 2. The number of benzene rings is 2. The molecule has 0 saturated carbocycles. The lowest BCUT2D eigenvalue weighted by atomic mass is 10.0. The lowest BCUT2D eigenvalue weighted by molar-refractivity contribution is 0.0636. The SMILES string of the molecule is CC.CC(C)(C)OC(=O)Nc1ccc(C(=O)c2ccccc2)cc1. The highest BCUT2D eigenvalue weighted by atomic mass is 16.6. The first kappa shape index (κ1) is 19.4. The monoisotopic (exact) mass is 327 g/mol. The summed E-state index contributed by atoms with van der Waals surface area (Å²) in [5, 5.41) is 2.63. The van der Waals surface area contributed by atoms with E-state index in [1.165, 1.54) is 0 Å². The van der Waals surface area contributed by atoms with E-state index in [1.807, 2.05) is 32.0 Å². The smallest absolute Gasteiger partial charge is 0.412 e. The van der Waals surface area contributed by atoms with Crippen molar-refractivity contribution in [3.63, 3.8) is 0 Å². The van der Waals surface area contributed by atoms with Crippen molar-refractivity contribution in [3.8, 4) is 0 Å². The van der Waals surface area contributed by atoms with Crippen LogP contribution in [-0.4, -0.2) is 17.5 Å². The molecule has 0 radical (unpaired) electrons. The fourth-order valence-electron chi connectivity index (χ4n) is 1.88. The first-order valence-corrected chi connectivity index (χ1v) is 8.05. The van der Waals surface area contributed by atoms with Gasteiger partial charge in [-0.3, -0.25) is 10.1 Å². The molecule has 0 unspecified atom stereocenters. The van der Waals surface area contributed by atoms with Crippen molar-refractivity contribution in [1.82, 2.24) is 0 Å². The van der Waals surface area contributed by atoms with Crippen molar-refractivity contribution in [2.24, 2.45) is 0 Å². The van der Waals surface area contributed by atoms with Crippen LogP contribution in [0.1, 0.15) is 50.5 Å². The summed E-state index contributed by atoms with van der Waals surface area (Å²) in [4.78, 5) is 23.9. The third-order valence-electron chi connectivity index (χ3n) is 2.83. The molecule has 0 aromatic heterocycles. The lowest BCUT2D eigenvalue weighted by Crippen LogP contribution is -2.27. The zero-order valence-electron chi connectivity index (χ0n) is 14.9. The summed E-state index contributed by atoms with van der Waals surface area (Å²) in [7, 11) is 0. The summed E-state index contributed by atoms with van der Waals surface area (Å²) in [5.41, 5.74) is 1.24. The Balaban J connectivity index is 0.00000139. The number of hydrogen-bond acceptors (Lipinski definition) is 3. The molecule has 0 aliphatic heterocycles. The molecule has 1 N–H and O–H groups in total. The largest absolute Gasteiger partial charge is 0.444 e. The molecule has 4 heteroatoms. The normalized spacial score (nSPS) is 10.2. The van der Waals surface area contributed by atoms with E-state index in [0.29, 0.717) is 16.8 Å². The molecule has 2 rings (SSSR count). The van der Waals surface area contributed by atoms with Crippen LogP contribution in [0.15, 0.2) is 54.6 Å². The average Bonchev–Trinajstić information content (AvgIpc) is 2.56. The number of amides is 1. The maximum Gasteiger partial charge on any atom is 0.412 e. The summed E-state index contributed by atoms with van der Waals surface area (Å²) < 4.78 is 5.17. The number of rotatable bonds is 3. The first-order valence-electron chi connectivity index (χ1n) is 8.05. The summed E-state index contributed by atoms with van der Waals surface area (Å²) in [6.07, 6.45) is -0.519. The number of carbonyl (C=O) groups is 2. The van der Waals surface area contributed by atoms with Gasteiger partial charge in [-0.2, -0.15) is 0 Å². The van der Waals surface area contributed by atoms with Crippen LogP contribution in [0.2, 0.25) is 0 Å². The zero-order valence-corrected chi connectivity index (χ0v) is 14.9. The fourth-order valence-corrected chi connectivity index (χ4v) is 1.88. The van der Waals surface area contributed by atoms with E-state index >= 15 is 0 Å². The highest BCUT2D eigenvalue weighted by molar-refractivity contribution is 6.09. The molecule has 1 amide bonds. The van der Waals surface area contributed by atoms with Crippen LogP contribution in [0.5, 0.6) is 0 Å². The topological polar surface area (TPSA) is 55.4 Å². The Kier molecular flexibility index (Phi) is 7.18. The predicted octanol–water partition coefficient (Wildman–Crippen LogP) is 5.29. The number of nitrogens with one attached hydrogen (secondary N) is 1. The molecule has 0 aliphatic rings. The molecule has 0 spiro atoms. The Morgan fingerprint density at radius 3 is 1.83 bits per heavy atom. The van der Waals surface area contributed by atoms with Gasteiger partial charge in [-0.05, 0) is 45.0 Å². The second-order valence-corrected chi connectivity index (χ2v) is 5.90. The number of ether oxygens (including phenoxy) is 1. The van der Waals surface area contributed by atoms with Gasteiger partial charge in [0.1, 0.15) is 5.60 Å². The van der Waals surface area contributed by atoms with Gasteiger partial charge in [0.2, 0.25) is 0 Å². The Hall–Kier alpha value is -2.62. The van der Waals surface area contributed by atoms with E-state index in [1.54, 1.807) is 57.2 Å². The van der Waals surface area contributed by atoms with Gasteiger partial charge in [0.25, 0.3) is 0 Å². The maximum absolute atomic E-state index is 12.3. The Bertz CT molecular complexity index is 656. The fraction of sp³-hybridized carbons (Fsp3) is 0.300. The van der Waals surface area contributed by atoms with Crippen LogP contribution in [-0.2, 0) is 4.74 Å². The van der Waals surface area contributed by atoms with Crippen molar-refractivity contribution < 1.29 is 14.3 Å². The summed E-state index contributed by atoms with van der Waals surface area (Å²) >= 11 is 0. The minimum Gasteiger partial charge on any atom is -0.444 e. The van der Waals surface area contributed by atoms with Gasteiger partial charge in [-0.25, -0.2) is 4.79 Å². The molecule has 0 fully saturated rings. The van der Waals surface area contributed by atoms with Crippen LogP contribution in [0, 0.1) is 0 Å². The summed E-state index contributed by atoms with van der Waals surface area (Å²) in [6.45, 7) is 9.40.